The highest BCUT2D eigenvalue weighted by Gasteiger charge is 2.45. The number of rotatable bonds is 11. The number of amides is 1. The lowest BCUT2D eigenvalue weighted by molar-refractivity contribution is -0.122. The van der Waals surface area contributed by atoms with Crippen LogP contribution in [-0.4, -0.2) is 13.0 Å². The summed E-state index contributed by atoms with van der Waals surface area (Å²) in [5.74, 6) is -0.153. The minimum absolute atomic E-state index is 0.101. The molecule has 0 aromatic heterocycles. The Morgan fingerprint density at radius 2 is 1.52 bits per heavy atom. The molecule has 3 heteroatoms. The van der Waals surface area contributed by atoms with Crippen molar-refractivity contribution in [3.63, 3.8) is 0 Å². The van der Waals surface area contributed by atoms with Crippen LogP contribution in [0.1, 0.15) is 90.0 Å². The Hall–Kier alpha value is -1.38. The minimum atomic E-state index is -0.563. The third-order valence-electron chi connectivity index (χ3n) is 5.72. The molecule has 140 valence electrons. The molecule has 1 amide bonds. The van der Waals surface area contributed by atoms with Crippen LogP contribution in [0.25, 0.3) is 0 Å². The number of halogens is 1. The van der Waals surface area contributed by atoms with Gasteiger partial charge < -0.3 is 4.90 Å². The van der Waals surface area contributed by atoms with Gasteiger partial charge in [0.2, 0.25) is 5.91 Å². The summed E-state index contributed by atoms with van der Waals surface area (Å²) in [5, 5.41) is 0. The van der Waals surface area contributed by atoms with Crippen molar-refractivity contribution >= 4 is 11.6 Å². The van der Waals surface area contributed by atoms with Crippen LogP contribution in [0, 0.1) is 5.82 Å². The normalized spacial score (nSPS) is 19.5. The lowest BCUT2D eigenvalue weighted by atomic mass is 9.79. The molecule has 0 radical (unpaired) electrons. The van der Waals surface area contributed by atoms with E-state index in [9.17, 15) is 9.18 Å². The number of carbonyl (C=O) groups excluding carboxylic acids is 1. The molecule has 0 N–H and O–H groups in total. The fraction of sp³-hybridized carbons (Fsp3) is 0.682. The molecule has 1 aliphatic rings. The standard InChI is InChI=1S/C22H34FNO/c1-4-5-6-7-8-9-10-11-12-13-16-22(2)19-17-18(23)14-15-20(19)24(3)21(22)25/h14-15,17H,4-13,16H2,1-3H3. The predicted molar refractivity (Wildman–Crippen MR) is 104 cm³/mol. The third kappa shape index (κ3) is 4.83. The van der Waals surface area contributed by atoms with Gasteiger partial charge in [-0.3, -0.25) is 4.79 Å². The third-order valence-corrected chi connectivity index (χ3v) is 5.72. The van der Waals surface area contributed by atoms with Gasteiger partial charge in [0.15, 0.2) is 0 Å². The van der Waals surface area contributed by atoms with E-state index in [4.69, 9.17) is 0 Å². The van der Waals surface area contributed by atoms with E-state index in [1.807, 2.05) is 6.92 Å². The van der Waals surface area contributed by atoms with Crippen LogP contribution in [0.2, 0.25) is 0 Å². The number of carbonyl (C=O) groups is 1. The van der Waals surface area contributed by atoms with Crippen molar-refractivity contribution in [2.45, 2.75) is 89.9 Å². The van der Waals surface area contributed by atoms with Gasteiger partial charge in [0.1, 0.15) is 5.82 Å². The molecule has 0 aliphatic carbocycles. The van der Waals surface area contributed by atoms with Gasteiger partial charge in [-0.25, -0.2) is 4.39 Å². The number of nitrogens with zero attached hydrogens (tertiary/aromatic N) is 1. The van der Waals surface area contributed by atoms with Crippen LogP contribution in [0.5, 0.6) is 0 Å². The highest BCUT2D eigenvalue weighted by molar-refractivity contribution is 6.07. The molecule has 2 rings (SSSR count). The molecule has 0 spiro atoms. The Bertz CT molecular complexity index is 571. The van der Waals surface area contributed by atoms with Gasteiger partial charge in [-0.2, -0.15) is 0 Å². The highest BCUT2D eigenvalue weighted by atomic mass is 19.1. The molecular formula is C22H34FNO. The molecule has 0 bridgehead atoms. The van der Waals surface area contributed by atoms with E-state index >= 15 is 0 Å². The van der Waals surface area contributed by atoms with Gasteiger partial charge in [0.05, 0.1) is 5.41 Å². The first-order chi connectivity index (χ1) is 12.0. The predicted octanol–water partition coefficient (Wildman–Crippen LogP) is 6.37. The number of hydrogen-bond donors (Lipinski definition) is 0. The number of fused-ring (bicyclic) bond motifs is 1. The second kappa shape index (κ2) is 9.35. The van der Waals surface area contributed by atoms with Gasteiger partial charge in [-0.15, -0.1) is 0 Å². The summed E-state index contributed by atoms with van der Waals surface area (Å²) in [7, 11) is 1.79. The molecule has 0 fully saturated rings. The first-order valence-electron chi connectivity index (χ1n) is 10.1. The van der Waals surface area contributed by atoms with Crippen molar-refractivity contribution in [3.05, 3.63) is 29.6 Å². The molecule has 0 saturated carbocycles. The first kappa shape index (κ1) is 19.9. The van der Waals surface area contributed by atoms with Crippen LogP contribution in [0.4, 0.5) is 10.1 Å². The van der Waals surface area contributed by atoms with Gasteiger partial charge in [-0.05, 0) is 37.1 Å². The largest absolute Gasteiger partial charge is 0.314 e. The molecule has 0 saturated heterocycles. The summed E-state index contributed by atoms with van der Waals surface area (Å²) >= 11 is 0. The average molecular weight is 348 g/mol. The van der Waals surface area contributed by atoms with E-state index in [-0.39, 0.29) is 11.7 Å². The fourth-order valence-corrected chi connectivity index (χ4v) is 4.05. The summed E-state index contributed by atoms with van der Waals surface area (Å²) in [6.45, 7) is 4.23. The molecule has 25 heavy (non-hydrogen) atoms. The zero-order valence-corrected chi connectivity index (χ0v) is 16.2. The van der Waals surface area contributed by atoms with E-state index in [1.165, 1.54) is 57.4 Å². The quantitative estimate of drug-likeness (QED) is 0.426. The zero-order valence-electron chi connectivity index (χ0n) is 16.2. The van der Waals surface area contributed by atoms with Gasteiger partial charge in [0.25, 0.3) is 0 Å². The first-order valence-corrected chi connectivity index (χ1v) is 10.1. The van der Waals surface area contributed by atoms with Crippen molar-refractivity contribution in [2.75, 3.05) is 11.9 Å². The maximum Gasteiger partial charge on any atom is 0.237 e. The number of likely N-dealkylation sites (N-methyl/N-ethyl adjacent to an activating group) is 1. The summed E-state index contributed by atoms with van der Waals surface area (Å²) in [6.07, 6.45) is 13.6. The van der Waals surface area contributed by atoms with Gasteiger partial charge >= 0.3 is 0 Å². The molecule has 1 heterocycles. The minimum Gasteiger partial charge on any atom is -0.314 e. The van der Waals surface area contributed by atoms with Crippen molar-refractivity contribution in [3.8, 4) is 0 Å². The summed E-state index contributed by atoms with van der Waals surface area (Å²) in [5.41, 5.74) is 1.16. The van der Waals surface area contributed by atoms with Crippen molar-refractivity contribution < 1.29 is 9.18 Å². The Balaban J connectivity index is 1.74. The van der Waals surface area contributed by atoms with Crippen molar-refractivity contribution in [1.29, 1.82) is 0 Å². The molecular weight excluding hydrogens is 313 g/mol. The summed E-state index contributed by atoms with van der Waals surface area (Å²) in [6, 6.07) is 4.72. The molecule has 1 aromatic rings. The lowest BCUT2D eigenvalue weighted by Gasteiger charge is -2.23. The van der Waals surface area contributed by atoms with Crippen LogP contribution in [0.15, 0.2) is 18.2 Å². The molecule has 2 nitrogen and oxygen atoms in total. The van der Waals surface area contributed by atoms with E-state index in [1.54, 1.807) is 24.1 Å². The Morgan fingerprint density at radius 3 is 2.12 bits per heavy atom. The van der Waals surface area contributed by atoms with E-state index < -0.39 is 5.41 Å². The van der Waals surface area contributed by atoms with Crippen LogP contribution in [0.3, 0.4) is 0 Å². The van der Waals surface area contributed by atoms with Crippen LogP contribution in [-0.2, 0) is 10.2 Å². The maximum atomic E-state index is 13.7. The summed E-state index contributed by atoms with van der Waals surface area (Å²) in [4.78, 5) is 14.4. The second-order valence-electron chi connectivity index (χ2n) is 7.79. The Labute approximate surface area is 152 Å². The smallest absolute Gasteiger partial charge is 0.237 e. The molecule has 1 aliphatic heterocycles. The average Bonchev–Trinajstić information content (AvgIpc) is 2.78. The van der Waals surface area contributed by atoms with Crippen molar-refractivity contribution in [1.82, 2.24) is 0 Å². The SMILES string of the molecule is CCCCCCCCCCCCC1(C)C(=O)N(C)c2ccc(F)cc21. The number of benzene rings is 1. The van der Waals surface area contributed by atoms with E-state index in [2.05, 4.69) is 6.92 Å². The Morgan fingerprint density at radius 1 is 0.960 bits per heavy atom. The van der Waals surface area contributed by atoms with E-state index in [0.717, 1.165) is 30.5 Å². The van der Waals surface area contributed by atoms with Crippen molar-refractivity contribution in [2.24, 2.45) is 0 Å². The second-order valence-corrected chi connectivity index (χ2v) is 7.79. The van der Waals surface area contributed by atoms with Gasteiger partial charge in [-0.1, -0.05) is 71.1 Å². The molecule has 1 unspecified atom stereocenters. The Kier molecular flexibility index (Phi) is 7.46. The fourth-order valence-electron chi connectivity index (χ4n) is 4.05. The highest BCUT2D eigenvalue weighted by Crippen LogP contribution is 2.44. The monoisotopic (exact) mass is 347 g/mol. The molecule has 1 aromatic carbocycles. The molecule has 1 atom stereocenters. The zero-order chi connectivity index (χ0) is 18.3. The van der Waals surface area contributed by atoms with E-state index in [0.29, 0.717) is 0 Å². The number of unbranched alkanes of at least 4 members (excludes halogenated alkanes) is 9. The van der Waals surface area contributed by atoms with Gasteiger partial charge in [0, 0.05) is 12.7 Å². The van der Waals surface area contributed by atoms with Crippen LogP contribution < -0.4 is 4.90 Å². The number of hydrogen-bond acceptors (Lipinski definition) is 1. The lowest BCUT2D eigenvalue weighted by Crippen LogP contribution is -2.36. The van der Waals surface area contributed by atoms with Crippen LogP contribution >= 0.6 is 0 Å². The topological polar surface area (TPSA) is 20.3 Å². The maximum absolute atomic E-state index is 13.7. The number of anilines is 1. The summed E-state index contributed by atoms with van der Waals surface area (Å²) < 4.78 is 13.7.